The Morgan fingerprint density at radius 2 is 2.07 bits per heavy atom. The van der Waals surface area contributed by atoms with Gasteiger partial charge in [0.15, 0.2) is 0 Å². The van der Waals surface area contributed by atoms with Crippen molar-refractivity contribution in [1.29, 1.82) is 0 Å². The molecule has 0 radical (unpaired) electrons. The molecule has 2 aromatic rings. The summed E-state index contributed by atoms with van der Waals surface area (Å²) in [6.45, 7) is 4.26. The van der Waals surface area contributed by atoms with Crippen molar-refractivity contribution in [3.8, 4) is 0 Å². The first-order valence-electron chi connectivity index (χ1n) is 9.11. The molecule has 0 aromatic heterocycles. The predicted octanol–water partition coefficient (Wildman–Crippen LogP) is 4.53. The van der Waals surface area contributed by atoms with Gasteiger partial charge in [-0.2, -0.15) is 0 Å². The summed E-state index contributed by atoms with van der Waals surface area (Å²) in [5.41, 5.74) is -0.0315. The third-order valence-corrected chi connectivity index (χ3v) is 5.82. The summed E-state index contributed by atoms with van der Waals surface area (Å²) < 4.78 is 18.4. The molecule has 0 saturated carbocycles. The number of nitrogens with zero attached hydrogens (tertiary/aromatic N) is 2. The molecule has 0 aliphatic carbocycles. The van der Waals surface area contributed by atoms with E-state index in [9.17, 15) is 19.3 Å². The summed E-state index contributed by atoms with van der Waals surface area (Å²) in [5.74, 6) is -0.940. The molecule has 0 amide bonds. The second-order valence-electron chi connectivity index (χ2n) is 6.52. The quantitative estimate of drug-likeness (QED) is 0.384. The third-order valence-electron chi connectivity index (χ3n) is 4.74. The highest BCUT2D eigenvalue weighted by Crippen LogP contribution is 2.35. The molecule has 1 aliphatic rings. The van der Waals surface area contributed by atoms with Gasteiger partial charge in [-0.3, -0.25) is 15.0 Å². The monoisotopic (exact) mass is 404 g/mol. The van der Waals surface area contributed by atoms with Crippen LogP contribution in [0.25, 0.3) is 0 Å². The van der Waals surface area contributed by atoms with Crippen LogP contribution in [0.4, 0.5) is 10.1 Å². The van der Waals surface area contributed by atoms with Crippen molar-refractivity contribution < 1.29 is 18.8 Å². The van der Waals surface area contributed by atoms with E-state index in [1.807, 2.05) is 0 Å². The number of likely N-dealkylation sites (tertiary alicyclic amines) is 1. The normalized spacial score (nSPS) is 16.9. The fourth-order valence-corrected chi connectivity index (χ4v) is 4.16. The Labute approximate surface area is 166 Å². The lowest BCUT2D eigenvalue weighted by Gasteiger charge is -2.22. The molecule has 1 aliphatic heterocycles. The number of hydrogen-bond acceptors (Lipinski definition) is 6. The highest BCUT2D eigenvalue weighted by molar-refractivity contribution is 7.99. The van der Waals surface area contributed by atoms with Crippen LogP contribution in [0.1, 0.15) is 30.1 Å². The molecule has 1 saturated heterocycles. The molecule has 2 aromatic carbocycles. The van der Waals surface area contributed by atoms with Crippen LogP contribution in [0.3, 0.4) is 0 Å². The highest BCUT2D eigenvalue weighted by Gasteiger charge is 2.25. The maximum absolute atomic E-state index is 13.0. The maximum Gasteiger partial charge on any atom is 0.338 e. The van der Waals surface area contributed by atoms with E-state index in [-0.39, 0.29) is 29.7 Å². The Bertz CT molecular complexity index is 860. The number of carbonyl (C=O) groups excluding carboxylic acids is 1. The van der Waals surface area contributed by atoms with Crippen molar-refractivity contribution >= 4 is 23.4 Å². The molecular formula is C20H21FN2O4S. The van der Waals surface area contributed by atoms with Crippen LogP contribution in [0, 0.1) is 15.9 Å². The van der Waals surface area contributed by atoms with Crippen molar-refractivity contribution in [2.24, 2.45) is 0 Å². The second-order valence-corrected chi connectivity index (χ2v) is 7.63. The van der Waals surface area contributed by atoms with Gasteiger partial charge in [0.2, 0.25) is 0 Å². The molecule has 148 valence electrons. The van der Waals surface area contributed by atoms with Gasteiger partial charge in [0.1, 0.15) is 12.4 Å². The fraction of sp³-hybridized carbons (Fsp3) is 0.350. The molecular weight excluding hydrogens is 383 g/mol. The molecule has 3 rings (SSSR count). The van der Waals surface area contributed by atoms with Gasteiger partial charge in [-0.05, 0) is 62.3 Å². The number of carbonyl (C=O) groups is 1. The van der Waals surface area contributed by atoms with E-state index in [0.29, 0.717) is 9.79 Å². The second kappa shape index (κ2) is 9.16. The Morgan fingerprint density at radius 1 is 1.32 bits per heavy atom. The number of ether oxygens (including phenoxy) is 1. The minimum atomic E-state index is -0.565. The minimum absolute atomic E-state index is 0.149. The SMILES string of the molecule is CCN1CCCC1COC(=O)c1ccc(Sc2ccc(F)cc2)c([N+](=O)[O-])c1. The molecule has 1 atom stereocenters. The lowest BCUT2D eigenvalue weighted by Crippen LogP contribution is -2.33. The Morgan fingerprint density at radius 3 is 2.75 bits per heavy atom. The number of likely N-dealkylation sites (N-methyl/N-ethyl adjacent to an activating group) is 1. The van der Waals surface area contributed by atoms with Gasteiger partial charge in [-0.25, -0.2) is 9.18 Å². The summed E-state index contributed by atoms with van der Waals surface area (Å²) in [4.78, 5) is 26.6. The lowest BCUT2D eigenvalue weighted by atomic mass is 10.2. The van der Waals surface area contributed by atoms with Crippen molar-refractivity contribution in [3.63, 3.8) is 0 Å². The zero-order chi connectivity index (χ0) is 20.1. The van der Waals surface area contributed by atoms with E-state index in [1.54, 1.807) is 12.1 Å². The molecule has 1 heterocycles. The minimum Gasteiger partial charge on any atom is -0.460 e. The van der Waals surface area contributed by atoms with Gasteiger partial charge >= 0.3 is 5.97 Å². The lowest BCUT2D eigenvalue weighted by molar-refractivity contribution is -0.387. The molecule has 1 unspecified atom stereocenters. The van der Waals surface area contributed by atoms with Gasteiger partial charge in [-0.15, -0.1) is 0 Å². The van der Waals surface area contributed by atoms with Crippen molar-refractivity contribution in [2.75, 3.05) is 19.7 Å². The van der Waals surface area contributed by atoms with E-state index >= 15 is 0 Å². The van der Waals surface area contributed by atoms with Crippen LogP contribution in [-0.4, -0.2) is 41.5 Å². The Balaban J connectivity index is 1.71. The van der Waals surface area contributed by atoms with Crippen LogP contribution in [0.5, 0.6) is 0 Å². The Kier molecular flexibility index (Phi) is 6.64. The zero-order valence-electron chi connectivity index (χ0n) is 15.5. The molecule has 28 heavy (non-hydrogen) atoms. The van der Waals surface area contributed by atoms with Crippen molar-refractivity contribution in [1.82, 2.24) is 4.90 Å². The first kappa shape index (κ1) is 20.3. The largest absolute Gasteiger partial charge is 0.460 e. The topological polar surface area (TPSA) is 72.7 Å². The Hall–Kier alpha value is -2.45. The van der Waals surface area contributed by atoms with Crippen LogP contribution >= 0.6 is 11.8 Å². The molecule has 0 spiro atoms. The summed E-state index contributed by atoms with van der Waals surface area (Å²) >= 11 is 1.14. The van der Waals surface area contributed by atoms with Crippen LogP contribution in [0.15, 0.2) is 52.3 Å². The van der Waals surface area contributed by atoms with Crippen molar-refractivity contribution in [2.45, 2.75) is 35.6 Å². The number of nitro benzene ring substituents is 1. The maximum atomic E-state index is 13.0. The van der Waals surface area contributed by atoms with Crippen LogP contribution < -0.4 is 0 Å². The zero-order valence-corrected chi connectivity index (χ0v) is 16.3. The predicted molar refractivity (Wildman–Crippen MR) is 104 cm³/mol. The van der Waals surface area contributed by atoms with Crippen LogP contribution in [-0.2, 0) is 4.74 Å². The van der Waals surface area contributed by atoms with E-state index < -0.39 is 10.9 Å². The summed E-state index contributed by atoms with van der Waals surface area (Å²) in [7, 11) is 0. The van der Waals surface area contributed by atoms with Gasteiger partial charge in [-0.1, -0.05) is 18.7 Å². The van der Waals surface area contributed by atoms with Gasteiger partial charge in [0, 0.05) is 17.0 Å². The highest BCUT2D eigenvalue weighted by atomic mass is 32.2. The third kappa shape index (κ3) is 4.88. The van der Waals surface area contributed by atoms with E-state index in [0.717, 1.165) is 37.7 Å². The number of nitro groups is 1. The molecule has 0 N–H and O–H groups in total. The van der Waals surface area contributed by atoms with Gasteiger partial charge in [0.05, 0.1) is 15.4 Å². The number of esters is 1. The molecule has 1 fully saturated rings. The smallest absolute Gasteiger partial charge is 0.338 e. The average Bonchev–Trinajstić information content (AvgIpc) is 3.15. The fourth-order valence-electron chi connectivity index (χ4n) is 3.26. The number of hydrogen-bond donors (Lipinski definition) is 0. The molecule has 6 nitrogen and oxygen atoms in total. The number of halogens is 1. The number of rotatable bonds is 7. The van der Waals surface area contributed by atoms with Crippen molar-refractivity contribution in [3.05, 3.63) is 64.0 Å². The van der Waals surface area contributed by atoms with Gasteiger partial charge < -0.3 is 4.74 Å². The average molecular weight is 404 g/mol. The standard InChI is InChI=1S/C20H21FN2O4S/c1-2-22-11-3-4-16(22)13-27-20(24)14-5-10-19(18(12-14)23(25)26)28-17-8-6-15(21)7-9-17/h5-10,12,16H,2-4,11,13H2,1H3. The summed E-state index contributed by atoms with van der Waals surface area (Å²) in [6.07, 6.45) is 2.06. The van der Waals surface area contributed by atoms with Crippen LogP contribution in [0.2, 0.25) is 0 Å². The first-order chi connectivity index (χ1) is 13.5. The molecule has 8 heteroatoms. The van der Waals surface area contributed by atoms with Gasteiger partial charge in [0.25, 0.3) is 5.69 Å². The number of benzene rings is 2. The summed E-state index contributed by atoms with van der Waals surface area (Å²) in [6, 6.07) is 10.2. The summed E-state index contributed by atoms with van der Waals surface area (Å²) in [5, 5.41) is 11.5. The molecule has 0 bridgehead atoms. The van der Waals surface area contributed by atoms with E-state index in [2.05, 4.69) is 11.8 Å². The van der Waals surface area contributed by atoms with E-state index in [1.165, 1.54) is 30.3 Å². The first-order valence-corrected chi connectivity index (χ1v) is 9.92. The van der Waals surface area contributed by atoms with E-state index in [4.69, 9.17) is 4.74 Å².